The van der Waals surface area contributed by atoms with Gasteiger partial charge in [0.2, 0.25) is 0 Å². The molecule has 1 amide bonds. The van der Waals surface area contributed by atoms with E-state index in [1.165, 1.54) is 18.9 Å². The third kappa shape index (κ3) is 3.88. The molecule has 176 valence electrons. The number of rotatable bonds is 5. The van der Waals surface area contributed by atoms with Crippen molar-refractivity contribution in [2.45, 2.75) is 11.8 Å². The van der Waals surface area contributed by atoms with Crippen LogP contribution in [0.15, 0.2) is 83.9 Å². The van der Waals surface area contributed by atoms with Crippen molar-refractivity contribution in [2.24, 2.45) is 0 Å². The average Bonchev–Trinajstić information content (AvgIpc) is 3.43. The zero-order valence-corrected chi connectivity index (χ0v) is 20.4. The third-order valence-electron chi connectivity index (χ3n) is 6.20. The van der Waals surface area contributed by atoms with Gasteiger partial charge in [0, 0.05) is 22.7 Å². The number of hydrogen-bond acceptors (Lipinski definition) is 5. The van der Waals surface area contributed by atoms with E-state index < -0.39 is 10.8 Å². The van der Waals surface area contributed by atoms with Crippen LogP contribution in [-0.2, 0) is 14.4 Å². The number of nitrogens with one attached hydrogen (secondary N) is 1. The molecule has 7 heteroatoms. The summed E-state index contributed by atoms with van der Waals surface area (Å²) >= 11 is 1.46. The van der Waals surface area contributed by atoms with Crippen LogP contribution >= 0.6 is 11.8 Å². The van der Waals surface area contributed by atoms with E-state index in [-0.39, 0.29) is 5.91 Å². The zero-order valence-electron chi connectivity index (χ0n) is 19.6. The lowest BCUT2D eigenvalue weighted by Crippen LogP contribution is -2.40. The number of anilines is 1. The Hall–Kier alpha value is -3.97. The molecule has 2 heterocycles. The van der Waals surface area contributed by atoms with Crippen molar-refractivity contribution in [1.82, 2.24) is 4.98 Å². The number of thioether (sulfide) groups is 1. The molecule has 1 fully saturated rings. The Morgan fingerprint density at radius 2 is 1.71 bits per heavy atom. The number of nitrogens with zero attached hydrogens (tertiary/aromatic N) is 1. The number of fused-ring (bicyclic) bond motifs is 1. The normalized spacial score (nSPS) is 18.9. The van der Waals surface area contributed by atoms with Crippen LogP contribution in [0.3, 0.4) is 0 Å². The molecule has 1 aliphatic heterocycles. The number of H-pyrrole nitrogens is 1. The second kappa shape index (κ2) is 9.00. The number of para-hydroxylation sites is 2. The highest BCUT2D eigenvalue weighted by atomic mass is 32.2. The van der Waals surface area contributed by atoms with Gasteiger partial charge in [-0.15, -0.1) is 0 Å². The van der Waals surface area contributed by atoms with Crippen molar-refractivity contribution >= 4 is 46.3 Å². The van der Waals surface area contributed by atoms with Crippen molar-refractivity contribution in [3.8, 4) is 5.75 Å². The lowest BCUT2D eigenvalue weighted by molar-refractivity contribution is -0.114. The van der Waals surface area contributed by atoms with Gasteiger partial charge < -0.3 is 14.5 Å². The summed E-state index contributed by atoms with van der Waals surface area (Å²) in [5, 5.41) is 1.02. The van der Waals surface area contributed by atoms with E-state index in [0.29, 0.717) is 16.2 Å². The number of carbonyl (C=O) groups is 2. The van der Waals surface area contributed by atoms with Gasteiger partial charge in [-0.25, -0.2) is 4.79 Å². The van der Waals surface area contributed by atoms with Gasteiger partial charge in [0.05, 0.1) is 30.4 Å². The number of esters is 1. The number of aromatic amines is 1. The molecular formula is C28H24N2O4S. The molecule has 0 saturated carbocycles. The number of methoxy groups -OCH3 is 2. The highest BCUT2D eigenvalue weighted by Gasteiger charge is 2.50. The second-order valence-electron chi connectivity index (χ2n) is 8.26. The number of benzene rings is 3. The molecule has 4 aromatic rings. The minimum absolute atomic E-state index is 0.185. The lowest BCUT2D eigenvalue weighted by atomic mass is 10.0. The van der Waals surface area contributed by atoms with Gasteiger partial charge in [0.15, 0.2) is 0 Å². The van der Waals surface area contributed by atoms with Crippen LogP contribution in [-0.4, -0.2) is 31.1 Å². The van der Waals surface area contributed by atoms with Crippen molar-refractivity contribution in [2.75, 3.05) is 19.1 Å². The highest BCUT2D eigenvalue weighted by molar-refractivity contribution is 8.05. The first-order chi connectivity index (χ1) is 17.0. The largest absolute Gasteiger partial charge is 0.497 e. The van der Waals surface area contributed by atoms with Gasteiger partial charge in [-0.2, -0.15) is 0 Å². The van der Waals surface area contributed by atoms with Crippen molar-refractivity contribution in [1.29, 1.82) is 0 Å². The topological polar surface area (TPSA) is 71.6 Å². The molecular weight excluding hydrogens is 460 g/mol. The zero-order chi connectivity index (χ0) is 24.6. The Kier molecular flexibility index (Phi) is 5.86. The van der Waals surface area contributed by atoms with Crippen LogP contribution in [0.4, 0.5) is 5.69 Å². The number of ether oxygens (including phenoxy) is 2. The molecule has 1 aliphatic rings. The molecule has 0 radical (unpaired) electrons. The van der Waals surface area contributed by atoms with E-state index in [2.05, 4.69) is 4.98 Å². The molecule has 6 nitrogen and oxygen atoms in total. The highest BCUT2D eigenvalue weighted by Crippen LogP contribution is 2.55. The Bertz CT molecular complexity index is 1460. The summed E-state index contributed by atoms with van der Waals surface area (Å²) < 4.78 is 10.3. The molecule has 1 aromatic heterocycles. The summed E-state index contributed by atoms with van der Waals surface area (Å²) in [6, 6.07) is 22.6. The minimum Gasteiger partial charge on any atom is -0.497 e. The number of amides is 1. The third-order valence-corrected chi connectivity index (χ3v) is 7.51. The molecule has 0 aliphatic carbocycles. The fraction of sp³-hybridized carbons (Fsp3) is 0.143. The van der Waals surface area contributed by atoms with Crippen LogP contribution < -0.4 is 9.64 Å². The Morgan fingerprint density at radius 1 is 1.00 bits per heavy atom. The first kappa shape index (κ1) is 22.8. The smallest absolute Gasteiger partial charge is 0.339 e. The second-order valence-corrected chi connectivity index (χ2v) is 9.70. The van der Waals surface area contributed by atoms with Crippen molar-refractivity contribution in [3.63, 3.8) is 0 Å². The summed E-state index contributed by atoms with van der Waals surface area (Å²) in [6.07, 6.45) is 3.81. The maximum absolute atomic E-state index is 14.0. The van der Waals surface area contributed by atoms with Gasteiger partial charge in [0.25, 0.3) is 5.91 Å². The van der Waals surface area contributed by atoms with Gasteiger partial charge in [-0.1, -0.05) is 54.2 Å². The molecule has 1 unspecified atom stereocenters. The summed E-state index contributed by atoms with van der Waals surface area (Å²) in [7, 11) is 2.96. The van der Waals surface area contributed by atoms with E-state index in [0.717, 1.165) is 27.8 Å². The number of aromatic nitrogens is 1. The molecule has 35 heavy (non-hydrogen) atoms. The van der Waals surface area contributed by atoms with Crippen LogP contribution in [0.25, 0.3) is 17.0 Å². The van der Waals surface area contributed by atoms with Crippen molar-refractivity contribution < 1.29 is 19.1 Å². The molecule has 0 spiro atoms. The van der Waals surface area contributed by atoms with Gasteiger partial charge in [-0.3, -0.25) is 9.69 Å². The molecule has 3 aromatic carbocycles. The first-order valence-electron chi connectivity index (χ1n) is 11.1. The maximum Gasteiger partial charge on any atom is 0.339 e. The number of hydrogen-bond donors (Lipinski definition) is 1. The maximum atomic E-state index is 14.0. The summed E-state index contributed by atoms with van der Waals surface area (Å²) in [5.41, 5.74) is 3.64. The van der Waals surface area contributed by atoms with Gasteiger partial charge >= 0.3 is 5.97 Å². The van der Waals surface area contributed by atoms with Crippen molar-refractivity contribution in [3.05, 3.63) is 101 Å². The minimum atomic E-state index is -0.820. The van der Waals surface area contributed by atoms with E-state index in [1.807, 2.05) is 73.8 Å². The van der Waals surface area contributed by atoms with E-state index in [9.17, 15) is 9.59 Å². The quantitative estimate of drug-likeness (QED) is 0.280. The number of carbonyl (C=O) groups excluding carboxylic acids is 2. The Morgan fingerprint density at radius 3 is 2.46 bits per heavy atom. The predicted octanol–water partition coefficient (Wildman–Crippen LogP) is 5.96. The molecule has 0 bridgehead atoms. The summed E-state index contributed by atoms with van der Waals surface area (Å²) in [5.74, 6) is 0.0667. The van der Waals surface area contributed by atoms with Crippen LogP contribution in [0.2, 0.25) is 0 Å². The van der Waals surface area contributed by atoms with E-state index >= 15 is 0 Å². The molecule has 5 rings (SSSR count). The SMILES string of the molecule is COC(=O)c1ccccc1N1C(=O)/C(=C\c2ccc(OC)cc2)SC1(C)c1c[nH]c2ccccc12. The monoisotopic (exact) mass is 484 g/mol. The van der Waals surface area contributed by atoms with E-state index in [1.54, 1.807) is 30.2 Å². The fourth-order valence-corrected chi connectivity index (χ4v) is 5.82. The average molecular weight is 485 g/mol. The Labute approximate surface area is 207 Å². The Balaban J connectivity index is 1.70. The standard InChI is InChI=1S/C28H24N2O4S/c1-28(22-17-29-23-10-6-4-8-20(22)23)30(24-11-7-5-9-21(24)27(32)34-3)26(31)25(35-28)16-18-12-14-19(33-2)15-13-18/h4-17,29H,1-3H3/b25-16+. The van der Waals surface area contributed by atoms with E-state index in [4.69, 9.17) is 9.47 Å². The van der Waals surface area contributed by atoms with Gasteiger partial charge in [0.1, 0.15) is 10.6 Å². The summed E-state index contributed by atoms with van der Waals surface area (Å²) in [4.78, 5) is 31.4. The van der Waals surface area contributed by atoms with Crippen LogP contribution in [0, 0.1) is 0 Å². The van der Waals surface area contributed by atoms with Gasteiger partial charge in [-0.05, 0) is 48.9 Å². The fourth-order valence-electron chi connectivity index (χ4n) is 4.47. The van der Waals surface area contributed by atoms with Crippen LogP contribution in [0.5, 0.6) is 5.75 Å². The molecule has 1 saturated heterocycles. The predicted molar refractivity (Wildman–Crippen MR) is 139 cm³/mol. The van der Waals surface area contributed by atoms with Crippen LogP contribution in [0.1, 0.15) is 28.4 Å². The summed E-state index contributed by atoms with van der Waals surface area (Å²) in [6.45, 7) is 2.01. The first-order valence-corrected chi connectivity index (χ1v) is 11.9. The molecule has 1 atom stereocenters. The lowest BCUT2D eigenvalue weighted by Gasteiger charge is -2.34. The molecule has 1 N–H and O–H groups in total.